The van der Waals surface area contributed by atoms with E-state index < -0.39 is 30.4 Å². The topological polar surface area (TPSA) is 35.5 Å². The molecule has 8 heteroatoms. The Bertz CT molecular complexity index is 271. The Morgan fingerprint density at radius 1 is 1.19 bits per heavy atom. The van der Waals surface area contributed by atoms with Gasteiger partial charge >= 0.3 is 18.1 Å². The molecule has 0 fully saturated rings. The van der Waals surface area contributed by atoms with Crippen LogP contribution in [0.3, 0.4) is 0 Å². The average Bonchev–Trinajstić information content (AvgIpc) is 2.12. The molecule has 0 saturated carbocycles. The van der Waals surface area contributed by atoms with Crippen molar-refractivity contribution in [2.24, 2.45) is 0 Å². The highest BCUT2D eigenvalue weighted by atomic mass is 19.4. The highest BCUT2D eigenvalue weighted by Crippen LogP contribution is 2.35. The number of carbonyl (C=O) groups is 1. The minimum absolute atomic E-state index is 0.0175. The molecule has 0 bridgehead atoms. The van der Waals surface area contributed by atoms with Crippen LogP contribution in [0.25, 0.3) is 0 Å². The largest absolute Gasteiger partial charge is 0.487 e. The van der Waals surface area contributed by atoms with E-state index in [4.69, 9.17) is 0 Å². The molecule has 94 valence electrons. The Hall–Kier alpha value is -1.34. The van der Waals surface area contributed by atoms with Gasteiger partial charge in [0.15, 0.2) is 12.4 Å². The lowest BCUT2D eigenvalue weighted by Gasteiger charge is -2.19. The van der Waals surface area contributed by atoms with E-state index in [0.717, 1.165) is 0 Å². The van der Waals surface area contributed by atoms with Crippen molar-refractivity contribution in [3.05, 3.63) is 12.3 Å². The first kappa shape index (κ1) is 14.7. The molecule has 0 radical (unpaired) electrons. The third-order valence-corrected chi connectivity index (χ3v) is 1.35. The summed E-state index contributed by atoms with van der Waals surface area (Å²) in [7, 11) is 0. The lowest BCUT2D eigenvalue weighted by atomic mass is 10.3. The quantitative estimate of drug-likeness (QED) is 0.324. The molecule has 0 amide bonds. The van der Waals surface area contributed by atoms with Crippen LogP contribution in [-0.4, -0.2) is 31.3 Å². The van der Waals surface area contributed by atoms with E-state index in [1.54, 1.807) is 0 Å². The van der Waals surface area contributed by atoms with Crippen LogP contribution < -0.4 is 0 Å². The maximum Gasteiger partial charge on any atom is 0.456 e. The normalized spacial score (nSPS) is 12.1. The van der Waals surface area contributed by atoms with Crippen molar-refractivity contribution in [3.63, 3.8) is 0 Å². The van der Waals surface area contributed by atoms with Gasteiger partial charge in [0.2, 0.25) is 0 Å². The first-order valence-corrected chi connectivity index (χ1v) is 4.05. The van der Waals surface area contributed by atoms with Crippen LogP contribution in [0.4, 0.5) is 22.0 Å². The lowest BCUT2D eigenvalue weighted by molar-refractivity contribution is -0.294. The summed E-state index contributed by atoms with van der Waals surface area (Å²) in [4.78, 5) is 10.8. The Morgan fingerprint density at radius 3 is 2.06 bits per heavy atom. The molecule has 0 aromatic rings. The first-order chi connectivity index (χ1) is 7.12. The number of ether oxygens (including phenoxy) is 2. The fraction of sp³-hybridized carbons (Fsp3) is 0.625. The Labute approximate surface area is 87.8 Å². The van der Waals surface area contributed by atoms with Crippen molar-refractivity contribution in [2.45, 2.75) is 19.0 Å². The van der Waals surface area contributed by atoms with E-state index in [2.05, 4.69) is 16.1 Å². The molecule has 0 aliphatic rings. The number of esters is 1. The summed E-state index contributed by atoms with van der Waals surface area (Å²) in [5.74, 6) is -7.17. The van der Waals surface area contributed by atoms with Gasteiger partial charge in [-0.15, -0.1) is 0 Å². The summed E-state index contributed by atoms with van der Waals surface area (Å²) in [5, 5.41) is 0. The van der Waals surface area contributed by atoms with Gasteiger partial charge in [-0.25, -0.2) is 4.79 Å². The summed E-state index contributed by atoms with van der Waals surface area (Å²) >= 11 is 0. The Balaban J connectivity index is 4.26. The van der Waals surface area contributed by atoms with E-state index in [0.29, 0.717) is 0 Å². The molecular formula is C8H9F5O3. The van der Waals surface area contributed by atoms with Crippen molar-refractivity contribution in [1.29, 1.82) is 0 Å². The van der Waals surface area contributed by atoms with Gasteiger partial charge in [0, 0.05) is 0 Å². The Kier molecular flexibility index (Phi) is 4.70. The summed E-state index contributed by atoms with van der Waals surface area (Å²) in [5.41, 5.74) is 0. The molecule has 3 nitrogen and oxygen atoms in total. The molecule has 0 aromatic heterocycles. The molecule has 0 spiro atoms. The fourth-order valence-electron chi connectivity index (χ4n) is 0.552. The van der Waals surface area contributed by atoms with Crippen LogP contribution in [0.2, 0.25) is 0 Å². The molecule has 0 aliphatic heterocycles. The molecule has 0 heterocycles. The third-order valence-electron chi connectivity index (χ3n) is 1.35. The second-order valence-electron chi connectivity index (χ2n) is 2.63. The second-order valence-corrected chi connectivity index (χ2v) is 2.63. The summed E-state index contributed by atoms with van der Waals surface area (Å²) in [6.45, 7) is 2.38. The van der Waals surface area contributed by atoms with Crippen LogP contribution in [0.1, 0.15) is 6.92 Å². The minimum Gasteiger partial charge on any atom is -0.487 e. The summed E-state index contributed by atoms with van der Waals surface area (Å²) < 4.78 is 67.6. The van der Waals surface area contributed by atoms with E-state index in [9.17, 15) is 26.7 Å². The SMILES string of the molecule is C=C(OCC)C(=O)OCC(F)(F)C(F)(F)F. The highest BCUT2D eigenvalue weighted by Gasteiger charge is 2.58. The molecule has 0 unspecified atom stereocenters. The van der Waals surface area contributed by atoms with Gasteiger partial charge in [-0.3, -0.25) is 0 Å². The van der Waals surface area contributed by atoms with Crippen LogP contribution in [0, 0.1) is 0 Å². The van der Waals surface area contributed by atoms with E-state index in [1.165, 1.54) is 6.92 Å². The smallest absolute Gasteiger partial charge is 0.456 e. The fourth-order valence-corrected chi connectivity index (χ4v) is 0.552. The summed E-state index contributed by atoms with van der Waals surface area (Å²) in [6.07, 6.45) is -5.76. The first-order valence-electron chi connectivity index (χ1n) is 4.05. The van der Waals surface area contributed by atoms with Crippen LogP contribution >= 0.6 is 0 Å². The van der Waals surface area contributed by atoms with Gasteiger partial charge in [0.25, 0.3) is 0 Å². The van der Waals surface area contributed by atoms with Gasteiger partial charge in [-0.2, -0.15) is 22.0 Å². The van der Waals surface area contributed by atoms with Crippen LogP contribution in [-0.2, 0) is 14.3 Å². The predicted octanol–water partition coefficient (Wildman–Crippen LogP) is 2.28. The number of carbonyl (C=O) groups excluding carboxylic acids is 1. The van der Waals surface area contributed by atoms with Crippen molar-refractivity contribution < 1.29 is 36.2 Å². The highest BCUT2D eigenvalue weighted by molar-refractivity contribution is 5.85. The lowest BCUT2D eigenvalue weighted by Crippen LogP contribution is -2.41. The summed E-state index contributed by atoms with van der Waals surface area (Å²) in [6, 6.07) is 0. The van der Waals surface area contributed by atoms with Crippen molar-refractivity contribution in [3.8, 4) is 0 Å². The van der Waals surface area contributed by atoms with Crippen molar-refractivity contribution >= 4 is 5.97 Å². The number of rotatable bonds is 5. The minimum atomic E-state index is -5.76. The predicted molar refractivity (Wildman–Crippen MR) is 42.7 cm³/mol. The van der Waals surface area contributed by atoms with E-state index >= 15 is 0 Å². The molecular weight excluding hydrogens is 239 g/mol. The molecule has 0 N–H and O–H groups in total. The van der Waals surface area contributed by atoms with E-state index in [1.807, 2.05) is 0 Å². The van der Waals surface area contributed by atoms with Gasteiger partial charge < -0.3 is 9.47 Å². The number of hydrogen-bond acceptors (Lipinski definition) is 3. The molecule has 0 rings (SSSR count). The molecule has 0 aliphatic carbocycles. The van der Waals surface area contributed by atoms with Gasteiger partial charge in [-0.1, -0.05) is 0 Å². The zero-order chi connectivity index (χ0) is 13.0. The zero-order valence-corrected chi connectivity index (χ0v) is 8.24. The third kappa shape index (κ3) is 4.03. The number of hydrogen-bond donors (Lipinski definition) is 0. The van der Waals surface area contributed by atoms with Crippen LogP contribution in [0.15, 0.2) is 12.3 Å². The number of halogens is 5. The molecule has 0 atom stereocenters. The Morgan fingerprint density at radius 2 is 1.69 bits per heavy atom. The molecule has 0 saturated heterocycles. The van der Waals surface area contributed by atoms with Crippen molar-refractivity contribution in [1.82, 2.24) is 0 Å². The monoisotopic (exact) mass is 248 g/mol. The average molecular weight is 248 g/mol. The zero-order valence-electron chi connectivity index (χ0n) is 8.24. The van der Waals surface area contributed by atoms with Crippen molar-refractivity contribution in [2.75, 3.05) is 13.2 Å². The van der Waals surface area contributed by atoms with Gasteiger partial charge in [0.1, 0.15) is 0 Å². The maximum atomic E-state index is 12.3. The standard InChI is InChI=1S/C8H9F5O3/c1-3-15-5(2)6(14)16-4-7(9,10)8(11,12)13/h2-4H2,1H3. The molecule has 0 aromatic carbocycles. The van der Waals surface area contributed by atoms with E-state index in [-0.39, 0.29) is 6.61 Å². The van der Waals surface area contributed by atoms with Crippen LogP contribution in [0.5, 0.6) is 0 Å². The van der Waals surface area contributed by atoms with Gasteiger partial charge in [-0.05, 0) is 13.5 Å². The number of alkyl halides is 5. The second kappa shape index (κ2) is 5.13. The molecule has 16 heavy (non-hydrogen) atoms. The van der Waals surface area contributed by atoms with Gasteiger partial charge in [0.05, 0.1) is 6.61 Å². The maximum absolute atomic E-state index is 12.3.